The molecule has 0 spiro atoms. The third-order valence-corrected chi connectivity index (χ3v) is 6.29. The fourth-order valence-electron chi connectivity index (χ4n) is 4.18. The Labute approximate surface area is 315 Å². The van der Waals surface area contributed by atoms with Gasteiger partial charge < -0.3 is 15.5 Å². The van der Waals surface area contributed by atoms with Gasteiger partial charge in [0, 0.05) is 130 Å². The summed E-state index contributed by atoms with van der Waals surface area (Å²) in [5, 5.41) is 0. The number of rotatable bonds is 3. The summed E-state index contributed by atoms with van der Waals surface area (Å²) in [6.07, 6.45) is 7.89. The minimum absolute atomic E-state index is 0. The molecule has 0 amide bonds. The molecule has 5 rings (SSSR count). The summed E-state index contributed by atoms with van der Waals surface area (Å²) >= 11 is 0. The van der Waals surface area contributed by atoms with Gasteiger partial charge >= 0.3 is 0 Å². The quantitative estimate of drug-likeness (QED) is 0.289. The second-order valence-electron chi connectivity index (χ2n) is 8.93. The average molecular weight is 761 g/mol. The van der Waals surface area contributed by atoms with Crippen LogP contribution in [0.3, 0.4) is 0 Å². The van der Waals surface area contributed by atoms with Crippen molar-refractivity contribution in [1.82, 2.24) is 0 Å². The van der Waals surface area contributed by atoms with E-state index in [9.17, 15) is 4.39 Å². The van der Waals surface area contributed by atoms with Crippen molar-refractivity contribution in [3.05, 3.63) is 107 Å². The first kappa shape index (κ1) is 39.4. The van der Waals surface area contributed by atoms with Gasteiger partial charge in [0.05, 0.1) is 0 Å². The number of halogens is 1. The Morgan fingerprint density at radius 2 is 1.10 bits per heavy atom. The summed E-state index contributed by atoms with van der Waals surface area (Å²) in [4.78, 5) is 11.2. The van der Waals surface area contributed by atoms with Gasteiger partial charge in [0.2, 0.25) is 11.4 Å². The van der Waals surface area contributed by atoms with Crippen LogP contribution in [0.5, 0.6) is 0 Å². The molecule has 2 N–H and O–H groups in total. The van der Waals surface area contributed by atoms with Gasteiger partial charge in [-0.3, -0.25) is 0 Å². The van der Waals surface area contributed by atoms with Crippen molar-refractivity contribution >= 4 is 22.7 Å². The molecule has 3 aromatic carbocycles. The molecule has 40 heavy (non-hydrogen) atoms. The zero-order valence-electron chi connectivity index (χ0n) is 23.0. The first-order chi connectivity index (χ1) is 18.1. The maximum Gasteiger partial charge on any atom is 0.208 e. The molecule has 0 saturated carbocycles. The van der Waals surface area contributed by atoms with E-state index in [1.807, 2.05) is 18.2 Å². The van der Waals surface area contributed by atoms with Crippen molar-refractivity contribution in [1.29, 1.82) is 0 Å². The summed E-state index contributed by atoms with van der Waals surface area (Å²) in [5.74, 6) is -0.428. The molecule has 3 aromatic rings. The standard InChI is InChI=1S/C12H13N2.C12H17N2.C7H3FN.3Y/c1-13-11-5-7-12(8-6-11)14-9-3-2-4-10-14;13-10-11-4-6-12(7-5-11)14-8-2-1-3-9-14;1-9-7-4-2-6(8)3-5-7;;;/h5-7H,2-4,9-10H2;4-6H,1-3,8-10,13H2;2,4-5H;;;/q3*-1;;;. The number of benzene rings is 3. The van der Waals surface area contributed by atoms with Crippen LogP contribution in [0.2, 0.25) is 0 Å². The average Bonchev–Trinajstić information content (AvgIpc) is 2.99. The third kappa shape index (κ3) is 14.1. The Bertz CT molecular complexity index is 1150. The maximum atomic E-state index is 12.1. The Kier molecular flexibility index (Phi) is 22.6. The van der Waals surface area contributed by atoms with E-state index in [4.69, 9.17) is 18.9 Å². The molecule has 5 nitrogen and oxygen atoms in total. The molecule has 3 radical (unpaired) electrons. The van der Waals surface area contributed by atoms with E-state index in [1.54, 1.807) is 6.07 Å². The Morgan fingerprint density at radius 1 is 0.650 bits per heavy atom. The van der Waals surface area contributed by atoms with E-state index < -0.39 is 5.82 Å². The summed E-state index contributed by atoms with van der Waals surface area (Å²) in [5.41, 5.74) is 10.1. The van der Waals surface area contributed by atoms with E-state index in [2.05, 4.69) is 49.8 Å². The molecule has 201 valence electrons. The maximum absolute atomic E-state index is 12.1. The molecule has 0 atom stereocenters. The molecular formula is C31H33FN5Y3-3. The van der Waals surface area contributed by atoms with Crippen molar-refractivity contribution in [3.8, 4) is 0 Å². The third-order valence-electron chi connectivity index (χ3n) is 6.29. The van der Waals surface area contributed by atoms with Crippen LogP contribution in [0.4, 0.5) is 27.1 Å². The van der Waals surface area contributed by atoms with Gasteiger partial charge in [-0.2, -0.15) is 24.3 Å². The van der Waals surface area contributed by atoms with Crippen molar-refractivity contribution < 1.29 is 103 Å². The number of piperidine rings is 2. The topological polar surface area (TPSA) is 41.2 Å². The summed E-state index contributed by atoms with van der Waals surface area (Å²) in [6.45, 7) is 18.6. The summed E-state index contributed by atoms with van der Waals surface area (Å²) < 4.78 is 12.1. The number of nitrogens with zero attached hydrogens (tertiary/aromatic N) is 4. The van der Waals surface area contributed by atoms with Crippen LogP contribution in [0.25, 0.3) is 9.69 Å². The second kappa shape index (κ2) is 23.0. The van der Waals surface area contributed by atoms with Crippen LogP contribution >= 0.6 is 0 Å². The van der Waals surface area contributed by atoms with Crippen molar-refractivity contribution in [2.24, 2.45) is 5.73 Å². The summed E-state index contributed by atoms with van der Waals surface area (Å²) in [6, 6.07) is 24.6. The second-order valence-corrected chi connectivity index (χ2v) is 8.93. The zero-order chi connectivity index (χ0) is 26.3. The first-order valence-corrected chi connectivity index (χ1v) is 12.8. The van der Waals surface area contributed by atoms with E-state index in [1.165, 1.54) is 75.5 Å². The predicted molar refractivity (Wildman–Crippen MR) is 148 cm³/mol. The molecule has 2 aliphatic rings. The van der Waals surface area contributed by atoms with Crippen LogP contribution in [0.15, 0.2) is 54.6 Å². The van der Waals surface area contributed by atoms with Crippen LogP contribution in [-0.4, -0.2) is 26.2 Å². The molecule has 2 saturated heterocycles. The normalized spacial score (nSPS) is 13.6. The fourth-order valence-corrected chi connectivity index (χ4v) is 4.18. The molecule has 2 fully saturated rings. The monoisotopic (exact) mass is 761 g/mol. The largest absolute Gasteiger partial charge is 0.394 e. The van der Waals surface area contributed by atoms with Gasteiger partial charge in [0.15, 0.2) is 0 Å². The number of hydrogen-bond donors (Lipinski definition) is 1. The molecule has 9 heteroatoms. The molecule has 0 unspecified atom stereocenters. The van der Waals surface area contributed by atoms with Crippen molar-refractivity contribution in [2.45, 2.75) is 45.1 Å². The zero-order valence-corrected chi connectivity index (χ0v) is 31.5. The number of hydrogen-bond acceptors (Lipinski definition) is 3. The van der Waals surface area contributed by atoms with Crippen LogP contribution in [0.1, 0.15) is 44.1 Å². The minimum atomic E-state index is -0.428. The van der Waals surface area contributed by atoms with E-state index in [0.29, 0.717) is 17.9 Å². The van der Waals surface area contributed by atoms with E-state index in [-0.39, 0.29) is 98.1 Å². The fraction of sp³-hybridized carbons (Fsp3) is 0.355. The smallest absolute Gasteiger partial charge is 0.208 e. The Balaban J connectivity index is 0.000000563. The molecule has 0 aromatic heterocycles. The van der Waals surface area contributed by atoms with E-state index >= 15 is 0 Å². The SMILES string of the molecule is NCc1c[c-]c(N2CCCCC2)cc1.[C-]#[N+]c1c[c-]c(F)cc1.[C-]#[N+]c1c[c-]c(N2CCCCC2)cc1.[Y].[Y].[Y]. The van der Waals surface area contributed by atoms with Gasteiger partial charge in [0.1, 0.15) is 13.1 Å². The molecule has 2 aliphatic heterocycles. The molecule has 0 aliphatic carbocycles. The molecule has 2 heterocycles. The number of anilines is 2. The van der Waals surface area contributed by atoms with Gasteiger partial charge in [-0.1, -0.05) is 35.6 Å². The van der Waals surface area contributed by atoms with Crippen LogP contribution in [0, 0.1) is 37.2 Å². The van der Waals surface area contributed by atoms with Crippen molar-refractivity contribution in [2.75, 3.05) is 36.0 Å². The van der Waals surface area contributed by atoms with Crippen molar-refractivity contribution in [3.63, 3.8) is 0 Å². The van der Waals surface area contributed by atoms with Gasteiger partial charge in [-0.15, -0.1) is 29.8 Å². The van der Waals surface area contributed by atoms with Gasteiger partial charge in [-0.25, -0.2) is 14.1 Å². The molecule has 0 bridgehead atoms. The molecular weight excluding hydrogens is 728 g/mol. The van der Waals surface area contributed by atoms with Crippen LogP contribution in [-0.2, 0) is 105 Å². The Hall–Kier alpha value is -0.558. The van der Waals surface area contributed by atoms with E-state index in [0.717, 1.165) is 24.3 Å². The van der Waals surface area contributed by atoms with Gasteiger partial charge in [0.25, 0.3) is 0 Å². The number of nitrogens with two attached hydrogens (primary N) is 1. The van der Waals surface area contributed by atoms with Gasteiger partial charge in [-0.05, 0) is 45.1 Å². The summed E-state index contributed by atoms with van der Waals surface area (Å²) in [7, 11) is 0. The minimum Gasteiger partial charge on any atom is -0.394 e. The first-order valence-electron chi connectivity index (χ1n) is 12.8. The predicted octanol–water partition coefficient (Wildman–Crippen LogP) is 7.13. The van der Waals surface area contributed by atoms with Crippen LogP contribution < -0.4 is 15.5 Å². The Morgan fingerprint density at radius 3 is 1.45 bits per heavy atom.